The molecule has 0 fully saturated rings. The molecule has 1 heterocycles. The summed E-state index contributed by atoms with van der Waals surface area (Å²) in [5, 5.41) is 0. The number of carbonyl (C=O) groups excluding carboxylic acids is 1. The molecule has 4 heteroatoms. The predicted molar refractivity (Wildman–Crippen MR) is 72.6 cm³/mol. The van der Waals surface area contributed by atoms with Crippen molar-refractivity contribution in [2.45, 2.75) is 6.92 Å². The second-order valence-electron chi connectivity index (χ2n) is 4.12. The Balaban J connectivity index is 2.32. The molecule has 0 aliphatic carbocycles. The van der Waals surface area contributed by atoms with Crippen LogP contribution in [0.15, 0.2) is 42.6 Å². The number of carbonyl (C=O) groups is 1. The van der Waals surface area contributed by atoms with Crippen LogP contribution in [-0.2, 0) is 0 Å². The molecule has 0 aliphatic rings. The van der Waals surface area contributed by atoms with Gasteiger partial charge in [-0.25, -0.2) is 4.98 Å². The maximum atomic E-state index is 12.3. The number of rotatable bonds is 2. The first-order chi connectivity index (χ1) is 8.59. The summed E-state index contributed by atoms with van der Waals surface area (Å²) < 4.78 is 0. The van der Waals surface area contributed by atoms with E-state index < -0.39 is 0 Å². The monoisotopic (exact) mass is 241 g/mol. The van der Waals surface area contributed by atoms with E-state index in [4.69, 9.17) is 5.73 Å². The molecule has 0 spiro atoms. The number of nitrogens with two attached hydrogens (primary N) is 1. The SMILES string of the molecule is Cc1ccccc1N(C)C(=O)c1ccnc(N)c1. The standard InChI is InChI=1S/C14H15N3O/c1-10-5-3-4-6-12(10)17(2)14(18)11-7-8-16-13(15)9-11/h3-9H,1-2H3,(H2,15,16). The van der Waals surface area contributed by atoms with E-state index in [0.29, 0.717) is 11.4 Å². The highest BCUT2D eigenvalue weighted by molar-refractivity contribution is 6.06. The average Bonchev–Trinajstić information content (AvgIpc) is 2.37. The lowest BCUT2D eigenvalue weighted by molar-refractivity contribution is 0.0993. The maximum Gasteiger partial charge on any atom is 0.258 e. The fourth-order valence-electron chi connectivity index (χ4n) is 1.82. The molecular weight excluding hydrogens is 226 g/mol. The topological polar surface area (TPSA) is 59.2 Å². The molecule has 0 radical (unpaired) electrons. The first kappa shape index (κ1) is 12.1. The van der Waals surface area contributed by atoms with E-state index in [1.54, 1.807) is 24.1 Å². The van der Waals surface area contributed by atoms with Crippen molar-refractivity contribution in [3.63, 3.8) is 0 Å². The van der Waals surface area contributed by atoms with Gasteiger partial charge in [0.2, 0.25) is 0 Å². The van der Waals surface area contributed by atoms with E-state index in [-0.39, 0.29) is 5.91 Å². The van der Waals surface area contributed by atoms with Crippen LogP contribution in [0.1, 0.15) is 15.9 Å². The highest BCUT2D eigenvalue weighted by atomic mass is 16.2. The molecule has 0 saturated heterocycles. The van der Waals surface area contributed by atoms with E-state index in [0.717, 1.165) is 11.3 Å². The van der Waals surface area contributed by atoms with Gasteiger partial charge in [0.25, 0.3) is 5.91 Å². The number of pyridine rings is 1. The molecule has 1 aromatic carbocycles. The van der Waals surface area contributed by atoms with Crippen molar-refractivity contribution in [3.05, 3.63) is 53.7 Å². The van der Waals surface area contributed by atoms with Gasteiger partial charge in [-0.2, -0.15) is 0 Å². The Bertz CT molecular complexity index is 581. The zero-order chi connectivity index (χ0) is 13.1. The Morgan fingerprint density at radius 1 is 1.28 bits per heavy atom. The van der Waals surface area contributed by atoms with Gasteiger partial charge in [-0.05, 0) is 30.7 Å². The first-order valence-corrected chi connectivity index (χ1v) is 5.65. The van der Waals surface area contributed by atoms with Gasteiger partial charge in [0, 0.05) is 24.5 Å². The lowest BCUT2D eigenvalue weighted by Crippen LogP contribution is -2.27. The Morgan fingerprint density at radius 2 is 2.00 bits per heavy atom. The fraction of sp³-hybridized carbons (Fsp3) is 0.143. The van der Waals surface area contributed by atoms with Crippen LogP contribution in [0.4, 0.5) is 11.5 Å². The second-order valence-corrected chi connectivity index (χ2v) is 4.12. The summed E-state index contributed by atoms with van der Waals surface area (Å²) in [7, 11) is 1.75. The van der Waals surface area contributed by atoms with Crippen LogP contribution in [0.25, 0.3) is 0 Å². The van der Waals surface area contributed by atoms with Crippen molar-refractivity contribution in [1.29, 1.82) is 0 Å². The summed E-state index contributed by atoms with van der Waals surface area (Å²) >= 11 is 0. The van der Waals surface area contributed by atoms with E-state index in [2.05, 4.69) is 4.98 Å². The van der Waals surface area contributed by atoms with Crippen molar-refractivity contribution in [3.8, 4) is 0 Å². The van der Waals surface area contributed by atoms with E-state index in [9.17, 15) is 4.79 Å². The van der Waals surface area contributed by atoms with E-state index >= 15 is 0 Å². The van der Waals surface area contributed by atoms with Crippen LogP contribution >= 0.6 is 0 Å². The van der Waals surface area contributed by atoms with E-state index in [1.165, 1.54) is 6.20 Å². The van der Waals surface area contributed by atoms with Crippen molar-refractivity contribution >= 4 is 17.4 Å². The van der Waals surface area contributed by atoms with Crippen molar-refractivity contribution in [1.82, 2.24) is 4.98 Å². The number of nitrogen functional groups attached to an aromatic ring is 1. The van der Waals surface area contributed by atoms with Gasteiger partial charge in [-0.1, -0.05) is 18.2 Å². The van der Waals surface area contributed by atoms with Crippen LogP contribution in [0, 0.1) is 6.92 Å². The molecule has 0 saturated carbocycles. The Kier molecular flexibility index (Phi) is 3.28. The summed E-state index contributed by atoms with van der Waals surface area (Å²) in [6.07, 6.45) is 1.54. The third kappa shape index (κ3) is 2.32. The van der Waals surface area contributed by atoms with Gasteiger partial charge in [0.05, 0.1) is 0 Å². The first-order valence-electron chi connectivity index (χ1n) is 5.65. The van der Waals surface area contributed by atoms with Gasteiger partial charge in [-0.3, -0.25) is 4.79 Å². The molecule has 1 amide bonds. The number of benzene rings is 1. The minimum Gasteiger partial charge on any atom is -0.384 e. The van der Waals surface area contributed by atoms with Gasteiger partial charge < -0.3 is 10.6 Å². The van der Waals surface area contributed by atoms with Crippen LogP contribution in [0.2, 0.25) is 0 Å². The average molecular weight is 241 g/mol. The molecule has 2 N–H and O–H groups in total. The molecule has 4 nitrogen and oxygen atoms in total. The largest absolute Gasteiger partial charge is 0.384 e. The lowest BCUT2D eigenvalue weighted by atomic mass is 10.1. The molecule has 92 valence electrons. The molecule has 0 aliphatic heterocycles. The number of hydrogen-bond acceptors (Lipinski definition) is 3. The molecule has 2 rings (SSSR count). The zero-order valence-corrected chi connectivity index (χ0v) is 10.4. The maximum absolute atomic E-state index is 12.3. The number of hydrogen-bond donors (Lipinski definition) is 1. The van der Waals surface area contributed by atoms with Crippen molar-refractivity contribution < 1.29 is 4.79 Å². The van der Waals surface area contributed by atoms with Gasteiger partial charge in [-0.15, -0.1) is 0 Å². The normalized spacial score (nSPS) is 10.1. The highest BCUT2D eigenvalue weighted by Crippen LogP contribution is 2.20. The van der Waals surface area contributed by atoms with E-state index in [1.807, 2.05) is 31.2 Å². The van der Waals surface area contributed by atoms with Gasteiger partial charge >= 0.3 is 0 Å². The summed E-state index contributed by atoms with van der Waals surface area (Å²) in [5.41, 5.74) is 8.06. The Hall–Kier alpha value is -2.36. The smallest absolute Gasteiger partial charge is 0.258 e. The number of anilines is 2. The molecule has 0 bridgehead atoms. The third-order valence-corrected chi connectivity index (χ3v) is 2.81. The summed E-state index contributed by atoms with van der Waals surface area (Å²) in [6.45, 7) is 1.97. The molecule has 18 heavy (non-hydrogen) atoms. The van der Waals surface area contributed by atoms with Crippen LogP contribution < -0.4 is 10.6 Å². The summed E-state index contributed by atoms with van der Waals surface area (Å²) in [6, 6.07) is 11.0. The number of nitrogens with zero attached hydrogens (tertiary/aromatic N) is 2. The Labute approximate surface area is 106 Å². The Morgan fingerprint density at radius 3 is 2.67 bits per heavy atom. The number of para-hydroxylation sites is 1. The highest BCUT2D eigenvalue weighted by Gasteiger charge is 2.14. The molecule has 0 atom stereocenters. The molecular formula is C14H15N3O. The van der Waals surface area contributed by atoms with Crippen LogP contribution in [0.3, 0.4) is 0 Å². The third-order valence-electron chi connectivity index (χ3n) is 2.81. The quantitative estimate of drug-likeness (QED) is 0.877. The number of aryl methyl sites for hydroxylation is 1. The minimum atomic E-state index is -0.0987. The minimum absolute atomic E-state index is 0.0987. The lowest BCUT2D eigenvalue weighted by Gasteiger charge is -2.19. The number of aromatic nitrogens is 1. The summed E-state index contributed by atoms with van der Waals surface area (Å²) in [5.74, 6) is 0.248. The number of amides is 1. The van der Waals surface area contributed by atoms with Crippen molar-refractivity contribution in [2.75, 3.05) is 17.7 Å². The molecule has 0 unspecified atom stereocenters. The fourth-order valence-corrected chi connectivity index (χ4v) is 1.82. The van der Waals surface area contributed by atoms with Gasteiger partial charge in [0.1, 0.15) is 5.82 Å². The predicted octanol–water partition coefficient (Wildman–Crippen LogP) is 2.25. The van der Waals surface area contributed by atoms with Gasteiger partial charge in [0.15, 0.2) is 0 Å². The van der Waals surface area contributed by atoms with Crippen LogP contribution in [-0.4, -0.2) is 17.9 Å². The summed E-state index contributed by atoms with van der Waals surface area (Å²) in [4.78, 5) is 17.8. The zero-order valence-electron chi connectivity index (χ0n) is 10.4. The molecule has 2 aromatic rings. The van der Waals surface area contributed by atoms with Crippen molar-refractivity contribution in [2.24, 2.45) is 0 Å². The van der Waals surface area contributed by atoms with Crippen LogP contribution in [0.5, 0.6) is 0 Å². The second kappa shape index (κ2) is 4.87. The molecule has 1 aromatic heterocycles.